The van der Waals surface area contributed by atoms with Crippen molar-refractivity contribution in [3.8, 4) is 0 Å². The highest BCUT2D eigenvalue weighted by Crippen LogP contribution is 2.44. The largest absolute Gasteiger partial charge is 0.465 e. The predicted molar refractivity (Wildman–Crippen MR) is 98.8 cm³/mol. The number of H-pyrrole nitrogens is 1. The molecule has 5 nitrogen and oxygen atoms in total. The summed E-state index contributed by atoms with van der Waals surface area (Å²) >= 11 is 0. The first kappa shape index (κ1) is 16.6. The van der Waals surface area contributed by atoms with E-state index in [2.05, 4.69) is 46.6 Å². The number of likely N-dealkylation sites (tertiary alicyclic amines) is 1. The molecule has 0 spiro atoms. The van der Waals surface area contributed by atoms with Gasteiger partial charge < -0.3 is 19.9 Å². The molecule has 1 aliphatic heterocycles. The number of aromatic amines is 1. The lowest BCUT2D eigenvalue weighted by molar-refractivity contribution is -0.142. The summed E-state index contributed by atoms with van der Waals surface area (Å²) in [4.78, 5) is 17.5. The molecule has 25 heavy (non-hydrogen) atoms. The van der Waals surface area contributed by atoms with Crippen molar-refractivity contribution in [3.05, 3.63) is 35.5 Å². The van der Waals surface area contributed by atoms with Crippen molar-refractivity contribution in [1.82, 2.24) is 15.2 Å². The highest BCUT2D eigenvalue weighted by Gasteiger charge is 2.39. The number of aromatic nitrogens is 1. The molecular formula is C20H27N3O2. The number of fused-ring (bicyclic) bond motifs is 2. The van der Waals surface area contributed by atoms with Crippen molar-refractivity contribution in [3.63, 3.8) is 0 Å². The second-order valence-electron chi connectivity index (χ2n) is 7.44. The minimum atomic E-state index is -0.163. The molecule has 1 aliphatic carbocycles. The summed E-state index contributed by atoms with van der Waals surface area (Å²) in [5.41, 5.74) is 4.21. The lowest BCUT2D eigenvalue weighted by atomic mass is 9.72. The Morgan fingerprint density at radius 3 is 3.16 bits per heavy atom. The number of benzene rings is 1. The third-order valence-electron chi connectivity index (χ3n) is 5.82. The van der Waals surface area contributed by atoms with Gasteiger partial charge in [-0.05, 0) is 56.5 Å². The molecule has 0 radical (unpaired) electrons. The van der Waals surface area contributed by atoms with Gasteiger partial charge in [-0.3, -0.25) is 4.79 Å². The Morgan fingerprint density at radius 1 is 1.44 bits per heavy atom. The standard InChI is InChI=1S/C20H27N3O2/c1-3-25-19(24)11-21-9-13-7-16-15-5-4-6-17-20(15)14(10-22-17)8-18(16)23(2)12-13/h4-6,10,13,16,18,21-22H,3,7-9,11-12H2,1-2H3/t13?,16-,18-/m1/s1. The first-order chi connectivity index (χ1) is 12.2. The average molecular weight is 341 g/mol. The van der Waals surface area contributed by atoms with E-state index in [0.29, 0.717) is 31.0 Å². The lowest BCUT2D eigenvalue weighted by Gasteiger charge is -2.45. The molecule has 3 atom stereocenters. The molecule has 1 unspecified atom stereocenters. The summed E-state index contributed by atoms with van der Waals surface area (Å²) in [7, 11) is 2.24. The first-order valence-electron chi connectivity index (χ1n) is 9.32. The Bertz CT molecular complexity index is 769. The number of carbonyl (C=O) groups is 1. The van der Waals surface area contributed by atoms with Gasteiger partial charge in [0.1, 0.15) is 0 Å². The number of esters is 1. The molecule has 1 saturated heterocycles. The zero-order valence-electron chi connectivity index (χ0n) is 15.0. The Kier molecular flexibility index (Phi) is 4.52. The van der Waals surface area contributed by atoms with Crippen molar-refractivity contribution < 1.29 is 9.53 Å². The Morgan fingerprint density at radius 2 is 2.32 bits per heavy atom. The summed E-state index contributed by atoms with van der Waals surface area (Å²) in [5, 5.41) is 4.73. The van der Waals surface area contributed by atoms with Crippen LogP contribution in [0.1, 0.15) is 30.4 Å². The lowest BCUT2D eigenvalue weighted by Crippen LogP contribution is -2.50. The molecule has 2 N–H and O–H groups in total. The third kappa shape index (κ3) is 3.07. The molecule has 0 saturated carbocycles. The van der Waals surface area contributed by atoms with E-state index in [0.717, 1.165) is 19.5 Å². The van der Waals surface area contributed by atoms with Crippen molar-refractivity contribution in [1.29, 1.82) is 0 Å². The number of nitrogens with zero attached hydrogens (tertiary/aromatic N) is 1. The van der Waals surface area contributed by atoms with Gasteiger partial charge in [-0.25, -0.2) is 0 Å². The van der Waals surface area contributed by atoms with E-state index in [-0.39, 0.29) is 5.97 Å². The van der Waals surface area contributed by atoms with Gasteiger partial charge in [-0.15, -0.1) is 0 Å². The van der Waals surface area contributed by atoms with Gasteiger partial charge >= 0.3 is 5.97 Å². The summed E-state index contributed by atoms with van der Waals surface area (Å²) in [6.07, 6.45) is 4.49. The molecular weight excluding hydrogens is 314 g/mol. The number of nitrogens with one attached hydrogen (secondary N) is 2. The van der Waals surface area contributed by atoms with E-state index < -0.39 is 0 Å². The summed E-state index contributed by atoms with van der Waals surface area (Å²) in [6, 6.07) is 7.23. The van der Waals surface area contributed by atoms with Crippen LogP contribution in [0.5, 0.6) is 0 Å². The SMILES string of the molecule is CCOC(=O)CNCC1C[C@@H]2c3cccc4[nH]cc(c34)C[C@H]2N(C)C1. The van der Waals surface area contributed by atoms with Crippen molar-refractivity contribution >= 4 is 16.9 Å². The molecule has 1 aromatic carbocycles. The smallest absolute Gasteiger partial charge is 0.319 e. The van der Waals surface area contributed by atoms with Gasteiger partial charge in [-0.2, -0.15) is 0 Å². The Labute approximate surface area is 148 Å². The quantitative estimate of drug-likeness (QED) is 0.819. The fourth-order valence-corrected chi connectivity index (χ4v) is 4.79. The third-order valence-corrected chi connectivity index (χ3v) is 5.82. The van der Waals surface area contributed by atoms with Gasteiger partial charge in [0.25, 0.3) is 0 Å². The number of likely N-dealkylation sites (N-methyl/N-ethyl adjacent to an activating group) is 1. The summed E-state index contributed by atoms with van der Waals surface area (Å²) in [5.74, 6) is 0.959. The van der Waals surface area contributed by atoms with E-state index in [4.69, 9.17) is 4.74 Å². The molecule has 5 heteroatoms. The maximum atomic E-state index is 11.5. The normalized spacial score (nSPS) is 25.8. The summed E-state index contributed by atoms with van der Waals surface area (Å²) < 4.78 is 4.99. The van der Waals surface area contributed by atoms with Gasteiger partial charge in [0.05, 0.1) is 13.2 Å². The zero-order valence-corrected chi connectivity index (χ0v) is 15.0. The number of rotatable bonds is 5. The van der Waals surface area contributed by atoms with E-state index >= 15 is 0 Å². The second-order valence-corrected chi connectivity index (χ2v) is 7.44. The monoisotopic (exact) mass is 341 g/mol. The van der Waals surface area contributed by atoms with Crippen LogP contribution in [-0.2, 0) is 16.0 Å². The molecule has 2 aliphatic rings. The molecule has 134 valence electrons. The maximum Gasteiger partial charge on any atom is 0.319 e. The highest BCUT2D eigenvalue weighted by molar-refractivity contribution is 5.88. The number of hydrogen-bond donors (Lipinski definition) is 2. The molecule has 1 fully saturated rings. The van der Waals surface area contributed by atoms with Crippen molar-refractivity contribution in [2.75, 3.05) is 33.3 Å². The molecule has 2 aromatic rings. The van der Waals surface area contributed by atoms with Gasteiger partial charge in [0.15, 0.2) is 0 Å². The van der Waals surface area contributed by atoms with Crippen LogP contribution in [0.4, 0.5) is 0 Å². The van der Waals surface area contributed by atoms with Crippen LogP contribution in [0.3, 0.4) is 0 Å². The molecule has 1 aromatic heterocycles. The number of ether oxygens (including phenoxy) is 1. The van der Waals surface area contributed by atoms with Crippen LogP contribution < -0.4 is 5.32 Å². The van der Waals surface area contributed by atoms with Crippen LogP contribution in [0.2, 0.25) is 0 Å². The highest BCUT2D eigenvalue weighted by atomic mass is 16.5. The second kappa shape index (κ2) is 6.81. The van der Waals surface area contributed by atoms with E-state index in [1.54, 1.807) is 0 Å². The van der Waals surface area contributed by atoms with Gasteiger partial charge in [0, 0.05) is 35.6 Å². The molecule has 2 heterocycles. The number of carbonyl (C=O) groups excluding carboxylic acids is 1. The zero-order chi connectivity index (χ0) is 17.4. The Balaban J connectivity index is 1.48. The predicted octanol–water partition coefficient (Wildman–Crippen LogP) is 2.28. The topological polar surface area (TPSA) is 57.4 Å². The first-order valence-corrected chi connectivity index (χ1v) is 9.32. The van der Waals surface area contributed by atoms with Crippen molar-refractivity contribution in [2.24, 2.45) is 5.92 Å². The average Bonchev–Trinajstić information content (AvgIpc) is 3.01. The molecule has 4 rings (SSSR count). The van der Waals surface area contributed by atoms with Crippen LogP contribution in [-0.4, -0.2) is 55.2 Å². The fraction of sp³-hybridized carbons (Fsp3) is 0.550. The minimum Gasteiger partial charge on any atom is -0.465 e. The van der Waals surface area contributed by atoms with E-state index in [1.807, 2.05) is 6.92 Å². The van der Waals surface area contributed by atoms with Crippen molar-refractivity contribution in [2.45, 2.75) is 31.7 Å². The van der Waals surface area contributed by atoms with E-state index in [1.165, 1.54) is 28.5 Å². The summed E-state index contributed by atoms with van der Waals surface area (Å²) in [6.45, 7) is 4.53. The minimum absolute atomic E-state index is 0.163. The van der Waals surface area contributed by atoms with Crippen LogP contribution in [0.15, 0.2) is 24.4 Å². The molecule has 0 bridgehead atoms. The van der Waals surface area contributed by atoms with Gasteiger partial charge in [-0.1, -0.05) is 12.1 Å². The van der Waals surface area contributed by atoms with Crippen LogP contribution >= 0.6 is 0 Å². The van der Waals surface area contributed by atoms with Crippen LogP contribution in [0.25, 0.3) is 10.9 Å². The van der Waals surface area contributed by atoms with Crippen LogP contribution in [0, 0.1) is 5.92 Å². The fourth-order valence-electron chi connectivity index (χ4n) is 4.79. The number of piperidine rings is 1. The molecule has 0 amide bonds. The van der Waals surface area contributed by atoms with E-state index in [9.17, 15) is 4.79 Å². The maximum absolute atomic E-state index is 11.5. The van der Waals surface area contributed by atoms with Gasteiger partial charge in [0.2, 0.25) is 0 Å². The Hall–Kier alpha value is -1.85. The number of hydrogen-bond acceptors (Lipinski definition) is 4.